The number of rotatable bonds is 3. The molecule has 3 amide bonds. The molecule has 1 saturated heterocycles. The number of urea groups is 1. The van der Waals surface area contributed by atoms with Crippen LogP contribution in [0.15, 0.2) is 18.2 Å². The number of likely N-dealkylation sites (N-methyl/N-ethyl adjacent to an activating group) is 1. The molecule has 0 spiro atoms. The van der Waals surface area contributed by atoms with Gasteiger partial charge in [-0.1, -0.05) is 11.6 Å². The Balaban J connectivity index is 2.22. The molecule has 19 heavy (non-hydrogen) atoms. The fourth-order valence-electron chi connectivity index (χ4n) is 2.11. The van der Waals surface area contributed by atoms with Gasteiger partial charge in [0.1, 0.15) is 0 Å². The molecule has 1 N–H and O–H groups in total. The summed E-state index contributed by atoms with van der Waals surface area (Å²) in [6.07, 6.45) is 0. The first-order valence-corrected chi connectivity index (χ1v) is 6.54. The fourth-order valence-corrected chi connectivity index (χ4v) is 2.39. The Morgan fingerprint density at radius 2 is 2.16 bits per heavy atom. The second-order valence-electron chi connectivity index (χ2n) is 4.36. The van der Waals surface area contributed by atoms with E-state index in [9.17, 15) is 9.59 Å². The SMILES string of the molecule is CCN1CCN(c2ccc(NC(C)=O)cc2Cl)C1=O. The predicted octanol–water partition coefficient (Wildman–Crippen LogP) is 2.56. The van der Waals surface area contributed by atoms with Gasteiger partial charge < -0.3 is 10.2 Å². The molecule has 1 fully saturated rings. The standard InChI is InChI=1S/C13H16ClN3O2/c1-3-16-6-7-17(13(16)19)12-5-4-10(8-11(12)14)15-9(2)18/h4-5,8H,3,6-7H2,1-2H3,(H,15,18). The molecule has 0 bridgehead atoms. The van der Waals surface area contributed by atoms with Gasteiger partial charge in [-0.3, -0.25) is 9.69 Å². The first kappa shape index (κ1) is 13.7. The number of benzene rings is 1. The molecule has 1 aromatic rings. The summed E-state index contributed by atoms with van der Waals surface area (Å²) in [5.41, 5.74) is 1.30. The van der Waals surface area contributed by atoms with Crippen molar-refractivity contribution in [2.45, 2.75) is 13.8 Å². The Bertz CT molecular complexity index is 519. The van der Waals surface area contributed by atoms with Crippen molar-refractivity contribution in [1.29, 1.82) is 0 Å². The van der Waals surface area contributed by atoms with Crippen molar-refractivity contribution in [3.8, 4) is 0 Å². The molecular formula is C13H16ClN3O2. The number of nitrogens with one attached hydrogen (secondary N) is 1. The van der Waals surface area contributed by atoms with Crippen molar-refractivity contribution >= 4 is 34.9 Å². The second-order valence-corrected chi connectivity index (χ2v) is 4.77. The number of amides is 3. The van der Waals surface area contributed by atoms with Crippen LogP contribution in [0.1, 0.15) is 13.8 Å². The lowest BCUT2D eigenvalue weighted by atomic mass is 10.2. The zero-order chi connectivity index (χ0) is 14.0. The number of nitrogens with zero attached hydrogens (tertiary/aromatic N) is 2. The van der Waals surface area contributed by atoms with Gasteiger partial charge in [0, 0.05) is 32.2 Å². The van der Waals surface area contributed by atoms with Gasteiger partial charge in [0.25, 0.3) is 0 Å². The van der Waals surface area contributed by atoms with Gasteiger partial charge in [-0.25, -0.2) is 4.79 Å². The van der Waals surface area contributed by atoms with E-state index in [1.54, 1.807) is 28.0 Å². The molecular weight excluding hydrogens is 266 g/mol. The van der Waals surface area contributed by atoms with Crippen LogP contribution in [-0.2, 0) is 4.79 Å². The molecule has 102 valence electrons. The van der Waals surface area contributed by atoms with Crippen molar-refractivity contribution < 1.29 is 9.59 Å². The Hall–Kier alpha value is -1.75. The van der Waals surface area contributed by atoms with E-state index < -0.39 is 0 Å². The molecule has 6 heteroatoms. The molecule has 1 aliphatic rings. The molecule has 1 aromatic carbocycles. The van der Waals surface area contributed by atoms with Crippen LogP contribution in [0.2, 0.25) is 5.02 Å². The van der Waals surface area contributed by atoms with Gasteiger partial charge in [-0.05, 0) is 25.1 Å². The summed E-state index contributed by atoms with van der Waals surface area (Å²) in [6, 6.07) is 5.12. The summed E-state index contributed by atoms with van der Waals surface area (Å²) in [4.78, 5) is 26.5. The van der Waals surface area contributed by atoms with Crippen molar-refractivity contribution in [2.24, 2.45) is 0 Å². The summed E-state index contributed by atoms with van der Waals surface area (Å²) in [5, 5.41) is 3.11. The van der Waals surface area contributed by atoms with E-state index in [1.165, 1.54) is 6.92 Å². The van der Waals surface area contributed by atoms with Crippen LogP contribution in [0.25, 0.3) is 0 Å². The van der Waals surface area contributed by atoms with Gasteiger partial charge in [-0.2, -0.15) is 0 Å². The summed E-state index contributed by atoms with van der Waals surface area (Å²) in [7, 11) is 0. The molecule has 0 saturated carbocycles. The Kier molecular flexibility index (Phi) is 3.95. The van der Waals surface area contributed by atoms with E-state index in [0.717, 1.165) is 0 Å². The summed E-state index contributed by atoms with van der Waals surface area (Å²) in [5.74, 6) is -0.154. The lowest BCUT2D eigenvalue weighted by Crippen LogP contribution is -2.31. The maximum atomic E-state index is 12.1. The van der Waals surface area contributed by atoms with Crippen LogP contribution in [-0.4, -0.2) is 36.5 Å². The molecule has 0 atom stereocenters. The lowest BCUT2D eigenvalue weighted by Gasteiger charge is -2.19. The van der Waals surface area contributed by atoms with Crippen LogP contribution in [0.4, 0.5) is 16.2 Å². The zero-order valence-corrected chi connectivity index (χ0v) is 11.7. The molecule has 0 unspecified atom stereocenters. The highest BCUT2D eigenvalue weighted by Gasteiger charge is 2.29. The van der Waals surface area contributed by atoms with Gasteiger partial charge in [0.05, 0.1) is 10.7 Å². The number of carbonyl (C=O) groups is 2. The van der Waals surface area contributed by atoms with E-state index in [1.807, 2.05) is 6.92 Å². The number of hydrogen-bond acceptors (Lipinski definition) is 2. The van der Waals surface area contributed by atoms with Crippen LogP contribution in [0, 0.1) is 0 Å². The zero-order valence-electron chi connectivity index (χ0n) is 10.9. The summed E-state index contributed by atoms with van der Waals surface area (Å²) < 4.78 is 0. The Morgan fingerprint density at radius 3 is 2.68 bits per heavy atom. The minimum atomic E-state index is -0.154. The maximum Gasteiger partial charge on any atom is 0.324 e. The van der Waals surface area contributed by atoms with Crippen molar-refractivity contribution in [3.05, 3.63) is 23.2 Å². The average Bonchev–Trinajstić information content (AvgIpc) is 2.70. The van der Waals surface area contributed by atoms with E-state index in [4.69, 9.17) is 11.6 Å². The van der Waals surface area contributed by atoms with Crippen LogP contribution in [0.5, 0.6) is 0 Å². The van der Waals surface area contributed by atoms with Gasteiger partial charge >= 0.3 is 6.03 Å². The van der Waals surface area contributed by atoms with Gasteiger partial charge in [0.2, 0.25) is 5.91 Å². The van der Waals surface area contributed by atoms with E-state index >= 15 is 0 Å². The number of halogens is 1. The van der Waals surface area contributed by atoms with Gasteiger partial charge in [-0.15, -0.1) is 0 Å². The molecule has 0 radical (unpaired) electrons. The van der Waals surface area contributed by atoms with E-state index in [-0.39, 0.29) is 11.9 Å². The van der Waals surface area contributed by atoms with Crippen LogP contribution >= 0.6 is 11.6 Å². The highest BCUT2D eigenvalue weighted by molar-refractivity contribution is 6.34. The van der Waals surface area contributed by atoms with Crippen LogP contribution < -0.4 is 10.2 Å². The van der Waals surface area contributed by atoms with E-state index in [0.29, 0.717) is 36.0 Å². The first-order valence-electron chi connectivity index (χ1n) is 6.16. The van der Waals surface area contributed by atoms with E-state index in [2.05, 4.69) is 5.32 Å². The first-order chi connectivity index (χ1) is 9.02. The molecule has 1 aliphatic heterocycles. The monoisotopic (exact) mass is 281 g/mol. The minimum absolute atomic E-state index is 0.0309. The number of hydrogen-bond donors (Lipinski definition) is 1. The number of carbonyl (C=O) groups excluding carboxylic acids is 2. The predicted molar refractivity (Wildman–Crippen MR) is 75.7 cm³/mol. The lowest BCUT2D eigenvalue weighted by molar-refractivity contribution is -0.114. The molecule has 1 heterocycles. The minimum Gasteiger partial charge on any atom is -0.326 e. The summed E-state index contributed by atoms with van der Waals surface area (Å²) in [6.45, 7) is 5.41. The third-order valence-corrected chi connectivity index (χ3v) is 3.34. The topological polar surface area (TPSA) is 52.6 Å². The Labute approximate surface area is 117 Å². The highest BCUT2D eigenvalue weighted by atomic mass is 35.5. The third-order valence-electron chi connectivity index (χ3n) is 3.04. The normalized spacial score (nSPS) is 15.0. The number of anilines is 2. The van der Waals surface area contributed by atoms with Crippen LogP contribution in [0.3, 0.4) is 0 Å². The summed E-state index contributed by atoms with van der Waals surface area (Å²) >= 11 is 6.19. The molecule has 5 nitrogen and oxygen atoms in total. The Morgan fingerprint density at radius 1 is 1.42 bits per heavy atom. The fraction of sp³-hybridized carbons (Fsp3) is 0.385. The largest absolute Gasteiger partial charge is 0.326 e. The maximum absolute atomic E-state index is 12.1. The quantitative estimate of drug-likeness (QED) is 0.926. The second kappa shape index (κ2) is 5.48. The average molecular weight is 282 g/mol. The van der Waals surface area contributed by atoms with Crippen molar-refractivity contribution in [2.75, 3.05) is 29.9 Å². The molecule has 2 rings (SSSR count). The highest BCUT2D eigenvalue weighted by Crippen LogP contribution is 2.31. The van der Waals surface area contributed by atoms with Crippen molar-refractivity contribution in [3.63, 3.8) is 0 Å². The van der Waals surface area contributed by atoms with Crippen molar-refractivity contribution in [1.82, 2.24) is 4.90 Å². The third kappa shape index (κ3) is 2.81. The molecule has 0 aliphatic carbocycles. The molecule has 0 aromatic heterocycles. The smallest absolute Gasteiger partial charge is 0.324 e. The van der Waals surface area contributed by atoms with Gasteiger partial charge in [0.15, 0.2) is 0 Å².